The van der Waals surface area contributed by atoms with Crippen molar-refractivity contribution in [3.05, 3.63) is 97.8 Å². The number of aromatic amines is 1. The van der Waals surface area contributed by atoms with Crippen LogP contribution in [0, 0.1) is 0 Å². The summed E-state index contributed by atoms with van der Waals surface area (Å²) < 4.78 is 6.23. The van der Waals surface area contributed by atoms with Gasteiger partial charge in [0.05, 0.1) is 12.2 Å². The molecule has 2 aromatic heterocycles. The first kappa shape index (κ1) is 19.3. The maximum absolute atomic E-state index is 12.5. The van der Waals surface area contributed by atoms with Crippen molar-refractivity contribution in [3.8, 4) is 17.1 Å². The molecule has 150 valence electrons. The van der Waals surface area contributed by atoms with Crippen molar-refractivity contribution in [1.82, 2.24) is 25.2 Å². The van der Waals surface area contributed by atoms with E-state index in [1.54, 1.807) is 42.5 Å². The quantitative estimate of drug-likeness (QED) is 0.507. The number of amides is 1. The summed E-state index contributed by atoms with van der Waals surface area (Å²) in [7, 11) is 0. The molecule has 4 rings (SSSR count). The van der Waals surface area contributed by atoms with E-state index in [2.05, 4.69) is 20.6 Å². The molecule has 0 spiro atoms. The fourth-order valence-corrected chi connectivity index (χ4v) is 2.92. The van der Waals surface area contributed by atoms with Crippen LogP contribution in [-0.2, 0) is 6.54 Å². The van der Waals surface area contributed by atoms with Gasteiger partial charge in [0.2, 0.25) is 11.7 Å². The molecule has 2 N–H and O–H groups in total. The Morgan fingerprint density at radius 1 is 1.10 bits per heavy atom. The fourth-order valence-electron chi connectivity index (χ4n) is 2.73. The number of nitrogens with zero attached hydrogens (tertiary/aromatic N) is 3. The predicted molar refractivity (Wildman–Crippen MR) is 109 cm³/mol. The Labute approximate surface area is 173 Å². The van der Waals surface area contributed by atoms with Gasteiger partial charge in [-0.3, -0.25) is 19.5 Å². The van der Waals surface area contributed by atoms with Crippen molar-refractivity contribution in [2.75, 3.05) is 0 Å². The van der Waals surface area contributed by atoms with Crippen LogP contribution in [0.4, 0.5) is 0 Å². The molecular formula is C20H14ClN5O4. The second-order valence-electron chi connectivity index (χ2n) is 6.24. The van der Waals surface area contributed by atoms with Gasteiger partial charge in [-0.05, 0) is 30.3 Å². The van der Waals surface area contributed by atoms with E-state index in [1.165, 1.54) is 6.07 Å². The Hall–Kier alpha value is -3.98. The molecule has 0 fully saturated rings. The van der Waals surface area contributed by atoms with Gasteiger partial charge in [0.1, 0.15) is 0 Å². The fraction of sp³-hybridized carbons (Fsp3) is 0.0500. The van der Waals surface area contributed by atoms with E-state index in [1.807, 2.05) is 0 Å². The van der Waals surface area contributed by atoms with Gasteiger partial charge in [-0.2, -0.15) is 4.98 Å². The Morgan fingerprint density at radius 2 is 1.93 bits per heavy atom. The Bertz CT molecular complexity index is 1340. The van der Waals surface area contributed by atoms with Crippen molar-refractivity contribution < 1.29 is 9.32 Å². The minimum Gasteiger partial charge on any atom is -0.343 e. The first-order chi connectivity index (χ1) is 14.5. The Balaban J connectivity index is 1.48. The molecule has 10 heteroatoms. The van der Waals surface area contributed by atoms with Gasteiger partial charge >= 0.3 is 0 Å². The smallest absolute Gasteiger partial charge is 0.269 e. The zero-order chi connectivity index (χ0) is 21.1. The van der Waals surface area contributed by atoms with Gasteiger partial charge in [0.15, 0.2) is 0 Å². The summed E-state index contributed by atoms with van der Waals surface area (Å²) in [6.07, 6.45) is 0. The van der Waals surface area contributed by atoms with Crippen molar-refractivity contribution in [2.24, 2.45) is 0 Å². The van der Waals surface area contributed by atoms with Crippen LogP contribution in [0.2, 0.25) is 5.02 Å². The van der Waals surface area contributed by atoms with E-state index >= 15 is 0 Å². The van der Waals surface area contributed by atoms with Crippen molar-refractivity contribution in [1.29, 1.82) is 0 Å². The highest BCUT2D eigenvalue weighted by Crippen LogP contribution is 2.19. The highest BCUT2D eigenvalue weighted by Gasteiger charge is 2.12. The molecule has 4 aromatic rings. The monoisotopic (exact) mass is 423 g/mol. The molecule has 0 atom stereocenters. The van der Waals surface area contributed by atoms with Gasteiger partial charge in [0.25, 0.3) is 17.0 Å². The zero-order valence-electron chi connectivity index (χ0n) is 15.3. The summed E-state index contributed by atoms with van der Waals surface area (Å²) in [5.74, 6) is 0.167. The van der Waals surface area contributed by atoms with Gasteiger partial charge in [0, 0.05) is 28.3 Å². The molecule has 0 bridgehead atoms. The number of nitrogens with one attached hydrogen (secondary N) is 2. The number of hydrogen-bond donors (Lipinski definition) is 2. The summed E-state index contributed by atoms with van der Waals surface area (Å²) >= 11 is 5.96. The second-order valence-corrected chi connectivity index (χ2v) is 6.67. The van der Waals surface area contributed by atoms with E-state index in [0.29, 0.717) is 27.7 Å². The third-order valence-electron chi connectivity index (χ3n) is 4.14. The number of rotatable bonds is 5. The van der Waals surface area contributed by atoms with Crippen LogP contribution in [0.5, 0.6) is 0 Å². The number of carbonyl (C=O) groups excluding carboxylic acids is 1. The average molecular weight is 424 g/mol. The lowest BCUT2D eigenvalue weighted by Gasteiger charge is -2.07. The number of H-pyrrole nitrogens is 1. The third kappa shape index (κ3) is 4.20. The maximum Gasteiger partial charge on any atom is 0.269 e. The predicted octanol–water partition coefficient (Wildman–Crippen LogP) is 2.16. The summed E-state index contributed by atoms with van der Waals surface area (Å²) in [6, 6.07) is 15.6. The third-order valence-corrected chi connectivity index (χ3v) is 4.37. The van der Waals surface area contributed by atoms with Crippen LogP contribution in [0.3, 0.4) is 0 Å². The zero-order valence-corrected chi connectivity index (χ0v) is 16.1. The lowest BCUT2D eigenvalue weighted by molar-refractivity contribution is 0.0946. The molecule has 2 aromatic carbocycles. The summed E-state index contributed by atoms with van der Waals surface area (Å²) in [6.45, 7) is 0.0126. The number of aromatic nitrogens is 4. The van der Waals surface area contributed by atoms with Crippen molar-refractivity contribution >= 4 is 17.5 Å². The number of benzene rings is 2. The Kier molecular flexibility index (Phi) is 5.27. The first-order valence-electron chi connectivity index (χ1n) is 8.79. The summed E-state index contributed by atoms with van der Waals surface area (Å²) in [5.41, 5.74) is 0.479. The highest BCUT2D eigenvalue weighted by atomic mass is 35.5. The number of hydrogen-bond acceptors (Lipinski definition) is 6. The maximum atomic E-state index is 12.5. The number of halogens is 1. The molecule has 0 radical (unpaired) electrons. The van der Waals surface area contributed by atoms with Crippen LogP contribution in [-0.4, -0.2) is 25.8 Å². The molecule has 0 aliphatic carbocycles. The topological polar surface area (TPSA) is 123 Å². The Morgan fingerprint density at radius 3 is 2.77 bits per heavy atom. The highest BCUT2D eigenvalue weighted by molar-refractivity contribution is 6.30. The summed E-state index contributed by atoms with van der Waals surface area (Å²) in [4.78, 5) is 40.2. The summed E-state index contributed by atoms with van der Waals surface area (Å²) in [5, 5.41) is 9.52. The molecule has 0 unspecified atom stereocenters. The van der Waals surface area contributed by atoms with E-state index < -0.39 is 17.0 Å². The first-order valence-corrected chi connectivity index (χ1v) is 9.17. The largest absolute Gasteiger partial charge is 0.343 e. The lowest BCUT2D eigenvalue weighted by Crippen LogP contribution is -2.27. The molecule has 0 aliphatic rings. The molecule has 0 aliphatic heterocycles. The standard InChI is InChI=1S/C20H14ClN5O4/c21-14-5-1-3-12(9-14)19-23-17(30-25-19)11-22-20(29)13-4-2-6-15(10-13)26-18(28)8-7-16(27)24-26/h1-10H,11H2,(H,22,29)(H,24,27). The molecular weight excluding hydrogens is 410 g/mol. The van der Waals surface area contributed by atoms with Crippen LogP contribution < -0.4 is 16.4 Å². The van der Waals surface area contributed by atoms with Crippen LogP contribution >= 0.6 is 11.6 Å². The van der Waals surface area contributed by atoms with Gasteiger partial charge in [-0.15, -0.1) is 0 Å². The van der Waals surface area contributed by atoms with E-state index in [0.717, 1.165) is 16.8 Å². The van der Waals surface area contributed by atoms with Gasteiger partial charge < -0.3 is 9.84 Å². The molecule has 30 heavy (non-hydrogen) atoms. The second kappa shape index (κ2) is 8.18. The molecule has 0 saturated carbocycles. The normalized spacial score (nSPS) is 10.7. The minimum atomic E-state index is -0.434. The van der Waals surface area contributed by atoms with Crippen LogP contribution in [0.15, 0.2) is 74.8 Å². The number of carbonyl (C=O) groups is 1. The molecule has 2 heterocycles. The van der Waals surface area contributed by atoms with Crippen molar-refractivity contribution in [3.63, 3.8) is 0 Å². The van der Waals surface area contributed by atoms with E-state index in [-0.39, 0.29) is 12.4 Å². The van der Waals surface area contributed by atoms with Crippen molar-refractivity contribution in [2.45, 2.75) is 6.54 Å². The van der Waals surface area contributed by atoms with Crippen LogP contribution in [0.1, 0.15) is 16.2 Å². The lowest BCUT2D eigenvalue weighted by atomic mass is 10.2. The molecule has 1 amide bonds. The minimum absolute atomic E-state index is 0.0126. The van der Waals surface area contributed by atoms with Gasteiger partial charge in [-0.25, -0.2) is 4.68 Å². The SMILES string of the molecule is O=C(NCc1nc(-c2cccc(Cl)c2)no1)c1cccc(-n2[nH]c(=O)ccc2=O)c1. The van der Waals surface area contributed by atoms with E-state index in [4.69, 9.17) is 16.1 Å². The average Bonchev–Trinajstić information content (AvgIpc) is 3.23. The van der Waals surface area contributed by atoms with Crippen LogP contribution in [0.25, 0.3) is 17.1 Å². The molecule has 0 saturated heterocycles. The van der Waals surface area contributed by atoms with E-state index in [9.17, 15) is 14.4 Å². The molecule has 9 nitrogen and oxygen atoms in total. The van der Waals surface area contributed by atoms with Gasteiger partial charge in [-0.1, -0.05) is 35.0 Å².